The standard InChI is InChI=1S/C17H15NO2.C2H6/c1-3-20-17(19)15-7-4-12(2)16(10-15)14-8-5-13(11-18)6-9-14;1-2/h4-10H,3H2,1-2H3;1-2H3. The van der Waals surface area contributed by atoms with E-state index in [1.165, 1.54) is 0 Å². The Kier molecular flexibility index (Phi) is 6.85. The zero-order chi connectivity index (χ0) is 16.5. The van der Waals surface area contributed by atoms with Crippen LogP contribution in [0.3, 0.4) is 0 Å². The molecule has 22 heavy (non-hydrogen) atoms. The van der Waals surface area contributed by atoms with Gasteiger partial charge >= 0.3 is 5.97 Å². The zero-order valence-corrected chi connectivity index (χ0v) is 13.5. The second kappa shape index (κ2) is 8.63. The van der Waals surface area contributed by atoms with E-state index in [0.29, 0.717) is 17.7 Å². The van der Waals surface area contributed by atoms with E-state index in [1.54, 1.807) is 25.1 Å². The number of rotatable bonds is 3. The second-order valence-corrected chi connectivity index (χ2v) is 4.44. The first-order valence-corrected chi connectivity index (χ1v) is 7.44. The molecule has 0 radical (unpaired) electrons. The lowest BCUT2D eigenvalue weighted by molar-refractivity contribution is 0.0526. The highest BCUT2D eigenvalue weighted by Crippen LogP contribution is 2.25. The summed E-state index contributed by atoms with van der Waals surface area (Å²) < 4.78 is 5.01. The van der Waals surface area contributed by atoms with Crippen LogP contribution in [-0.4, -0.2) is 12.6 Å². The number of nitrogens with zero attached hydrogens (tertiary/aromatic N) is 1. The van der Waals surface area contributed by atoms with Gasteiger partial charge in [0.05, 0.1) is 23.8 Å². The fraction of sp³-hybridized carbons (Fsp3) is 0.263. The molecule has 0 saturated carbocycles. The lowest BCUT2D eigenvalue weighted by Crippen LogP contribution is -2.04. The summed E-state index contributed by atoms with van der Waals surface area (Å²) >= 11 is 0. The number of nitriles is 1. The van der Waals surface area contributed by atoms with Crippen molar-refractivity contribution in [1.29, 1.82) is 5.26 Å². The van der Waals surface area contributed by atoms with Crippen LogP contribution in [0.5, 0.6) is 0 Å². The molecule has 0 aromatic heterocycles. The van der Waals surface area contributed by atoms with Gasteiger partial charge in [-0.25, -0.2) is 4.79 Å². The van der Waals surface area contributed by atoms with Gasteiger partial charge in [0.25, 0.3) is 0 Å². The van der Waals surface area contributed by atoms with Gasteiger partial charge < -0.3 is 4.74 Å². The third kappa shape index (κ3) is 4.20. The zero-order valence-electron chi connectivity index (χ0n) is 13.5. The maximum atomic E-state index is 11.8. The third-order valence-corrected chi connectivity index (χ3v) is 3.07. The summed E-state index contributed by atoms with van der Waals surface area (Å²) in [6.45, 7) is 8.13. The normalized spacial score (nSPS) is 9.23. The molecule has 0 bridgehead atoms. The van der Waals surface area contributed by atoms with Crippen molar-refractivity contribution in [2.45, 2.75) is 27.7 Å². The van der Waals surface area contributed by atoms with E-state index in [1.807, 2.05) is 45.0 Å². The summed E-state index contributed by atoms with van der Waals surface area (Å²) in [5, 5.41) is 8.82. The molecule has 2 rings (SSSR count). The Morgan fingerprint density at radius 3 is 2.32 bits per heavy atom. The van der Waals surface area contributed by atoms with Crippen LogP contribution in [-0.2, 0) is 4.74 Å². The van der Waals surface area contributed by atoms with E-state index in [-0.39, 0.29) is 5.97 Å². The highest BCUT2D eigenvalue weighted by atomic mass is 16.5. The van der Waals surface area contributed by atoms with Crippen LogP contribution in [0.25, 0.3) is 11.1 Å². The molecule has 3 heteroatoms. The first-order valence-electron chi connectivity index (χ1n) is 7.44. The summed E-state index contributed by atoms with van der Waals surface area (Å²) in [5.74, 6) is -0.317. The maximum Gasteiger partial charge on any atom is 0.338 e. The van der Waals surface area contributed by atoms with E-state index >= 15 is 0 Å². The predicted molar refractivity (Wildman–Crippen MR) is 88.6 cm³/mol. The highest BCUT2D eigenvalue weighted by molar-refractivity contribution is 5.91. The molecule has 3 nitrogen and oxygen atoms in total. The van der Waals surface area contributed by atoms with E-state index in [9.17, 15) is 4.79 Å². The molecule has 114 valence electrons. The van der Waals surface area contributed by atoms with Crippen molar-refractivity contribution in [2.75, 3.05) is 6.61 Å². The Hall–Kier alpha value is -2.60. The van der Waals surface area contributed by atoms with Gasteiger partial charge in [0.1, 0.15) is 0 Å². The van der Waals surface area contributed by atoms with Gasteiger partial charge in [-0.05, 0) is 54.8 Å². The first kappa shape index (κ1) is 17.5. The number of ether oxygens (including phenoxy) is 1. The molecule has 0 atom stereocenters. The SMILES string of the molecule is CC.CCOC(=O)c1ccc(C)c(-c2ccc(C#N)cc2)c1. The number of carbonyl (C=O) groups is 1. The fourth-order valence-corrected chi connectivity index (χ4v) is 2.00. The fourth-order valence-electron chi connectivity index (χ4n) is 2.00. The second-order valence-electron chi connectivity index (χ2n) is 4.44. The van der Waals surface area contributed by atoms with Gasteiger partial charge in [-0.3, -0.25) is 0 Å². The third-order valence-electron chi connectivity index (χ3n) is 3.07. The smallest absolute Gasteiger partial charge is 0.338 e. The van der Waals surface area contributed by atoms with Gasteiger partial charge in [0, 0.05) is 0 Å². The first-order chi connectivity index (χ1) is 10.7. The van der Waals surface area contributed by atoms with Crippen molar-refractivity contribution in [3.05, 3.63) is 59.2 Å². The summed E-state index contributed by atoms with van der Waals surface area (Å²) in [4.78, 5) is 11.8. The molecular weight excluding hydrogens is 274 g/mol. The number of esters is 1. The molecule has 0 aliphatic heterocycles. The number of aryl methyl sites for hydroxylation is 1. The van der Waals surface area contributed by atoms with Gasteiger partial charge in [-0.1, -0.05) is 32.0 Å². The van der Waals surface area contributed by atoms with Crippen molar-refractivity contribution < 1.29 is 9.53 Å². The summed E-state index contributed by atoms with van der Waals surface area (Å²) in [6.07, 6.45) is 0. The van der Waals surface area contributed by atoms with Gasteiger partial charge in [-0.2, -0.15) is 5.26 Å². The highest BCUT2D eigenvalue weighted by Gasteiger charge is 2.10. The lowest BCUT2D eigenvalue weighted by atomic mass is 9.97. The molecule has 2 aromatic carbocycles. The molecule has 0 spiro atoms. The van der Waals surface area contributed by atoms with Crippen LogP contribution in [0, 0.1) is 18.3 Å². The van der Waals surface area contributed by atoms with E-state index in [4.69, 9.17) is 10.00 Å². The van der Waals surface area contributed by atoms with E-state index in [0.717, 1.165) is 16.7 Å². The molecule has 0 aliphatic carbocycles. The van der Waals surface area contributed by atoms with Crippen molar-refractivity contribution in [2.24, 2.45) is 0 Å². The number of hydrogen-bond donors (Lipinski definition) is 0. The molecule has 0 heterocycles. The molecule has 0 fully saturated rings. The molecule has 0 amide bonds. The van der Waals surface area contributed by atoms with E-state index in [2.05, 4.69) is 6.07 Å². The number of hydrogen-bond acceptors (Lipinski definition) is 3. The minimum Gasteiger partial charge on any atom is -0.462 e. The van der Waals surface area contributed by atoms with Crippen molar-refractivity contribution in [3.63, 3.8) is 0 Å². The lowest BCUT2D eigenvalue weighted by Gasteiger charge is -2.09. The Morgan fingerprint density at radius 2 is 1.77 bits per heavy atom. The van der Waals surface area contributed by atoms with Crippen LogP contribution in [0.1, 0.15) is 42.3 Å². The van der Waals surface area contributed by atoms with Crippen molar-refractivity contribution in [3.8, 4) is 17.2 Å². The topological polar surface area (TPSA) is 50.1 Å². The van der Waals surface area contributed by atoms with Gasteiger partial charge in [0.15, 0.2) is 0 Å². The number of benzene rings is 2. The maximum absolute atomic E-state index is 11.8. The summed E-state index contributed by atoms with van der Waals surface area (Å²) in [6, 6.07) is 14.9. The van der Waals surface area contributed by atoms with Crippen LogP contribution in [0.15, 0.2) is 42.5 Å². The summed E-state index contributed by atoms with van der Waals surface area (Å²) in [5.41, 5.74) is 4.18. The Labute approximate surface area is 132 Å². The molecule has 0 unspecified atom stereocenters. The van der Waals surface area contributed by atoms with Crippen molar-refractivity contribution in [1.82, 2.24) is 0 Å². The van der Waals surface area contributed by atoms with Crippen LogP contribution >= 0.6 is 0 Å². The average molecular weight is 295 g/mol. The Balaban J connectivity index is 0.00000116. The molecular formula is C19H21NO2. The minimum atomic E-state index is -0.317. The van der Waals surface area contributed by atoms with E-state index < -0.39 is 0 Å². The number of carbonyl (C=O) groups excluding carboxylic acids is 1. The quantitative estimate of drug-likeness (QED) is 0.769. The Bertz CT molecular complexity index is 667. The van der Waals surface area contributed by atoms with Crippen LogP contribution in [0.2, 0.25) is 0 Å². The predicted octanol–water partition coefficient (Wildman–Crippen LogP) is 4.74. The van der Waals surface area contributed by atoms with Crippen molar-refractivity contribution >= 4 is 5.97 Å². The molecule has 0 N–H and O–H groups in total. The minimum absolute atomic E-state index is 0.317. The summed E-state index contributed by atoms with van der Waals surface area (Å²) in [7, 11) is 0. The molecule has 0 aliphatic rings. The largest absolute Gasteiger partial charge is 0.462 e. The van der Waals surface area contributed by atoms with Crippen LogP contribution < -0.4 is 0 Å². The van der Waals surface area contributed by atoms with Gasteiger partial charge in [0.2, 0.25) is 0 Å². The molecule has 0 saturated heterocycles. The monoisotopic (exact) mass is 295 g/mol. The molecule has 2 aromatic rings. The van der Waals surface area contributed by atoms with Crippen LogP contribution in [0.4, 0.5) is 0 Å². The Morgan fingerprint density at radius 1 is 1.14 bits per heavy atom. The van der Waals surface area contributed by atoms with Gasteiger partial charge in [-0.15, -0.1) is 0 Å². The average Bonchev–Trinajstić information content (AvgIpc) is 2.57.